The van der Waals surface area contributed by atoms with E-state index in [2.05, 4.69) is 28.0 Å². The van der Waals surface area contributed by atoms with Gasteiger partial charge in [-0.15, -0.1) is 0 Å². The molecule has 3 atom stereocenters. The van der Waals surface area contributed by atoms with Crippen molar-refractivity contribution in [2.75, 3.05) is 26.7 Å². The number of methoxy groups -OCH3 is 1. The molecule has 4 saturated heterocycles. The molecule has 4 aliphatic rings. The van der Waals surface area contributed by atoms with Gasteiger partial charge in [-0.1, -0.05) is 24.3 Å². The van der Waals surface area contributed by atoms with Crippen molar-refractivity contribution in [1.29, 1.82) is 5.26 Å². The molecule has 0 N–H and O–H groups in total. The monoisotopic (exact) mass is 387 g/mol. The van der Waals surface area contributed by atoms with Crippen LogP contribution in [0.1, 0.15) is 40.2 Å². The van der Waals surface area contributed by atoms with Gasteiger partial charge in [0, 0.05) is 18.5 Å². The number of hydrogen-bond donors (Lipinski definition) is 0. The van der Waals surface area contributed by atoms with E-state index in [1.165, 1.54) is 5.56 Å². The fourth-order valence-corrected chi connectivity index (χ4v) is 5.72. The minimum Gasteiger partial charge on any atom is -0.497 e. The van der Waals surface area contributed by atoms with Gasteiger partial charge >= 0.3 is 0 Å². The summed E-state index contributed by atoms with van der Waals surface area (Å²) in [7, 11) is 1.68. The number of likely N-dealkylation sites (tertiary alicyclic amines) is 1. The first-order valence-corrected chi connectivity index (χ1v) is 10.4. The maximum absolute atomic E-state index is 13.6. The van der Waals surface area contributed by atoms with Crippen molar-refractivity contribution in [3.8, 4) is 11.8 Å². The van der Waals surface area contributed by atoms with E-state index in [1.807, 2.05) is 24.3 Å². The predicted octanol–water partition coefficient (Wildman–Crippen LogP) is 3.27. The molecule has 148 valence electrons. The first-order chi connectivity index (χ1) is 14.2. The van der Waals surface area contributed by atoms with E-state index in [0.717, 1.165) is 31.7 Å². The third-order valence-corrected chi connectivity index (χ3v) is 7.08. The van der Waals surface area contributed by atoms with Crippen LogP contribution in [-0.2, 0) is 0 Å². The number of ether oxygens (including phenoxy) is 1. The predicted molar refractivity (Wildman–Crippen MR) is 110 cm³/mol. The zero-order valence-electron chi connectivity index (χ0n) is 16.6. The fraction of sp³-hybridized carbons (Fsp3) is 0.417. The summed E-state index contributed by atoms with van der Waals surface area (Å²) >= 11 is 0. The lowest BCUT2D eigenvalue weighted by Crippen LogP contribution is -2.60. The topological polar surface area (TPSA) is 56.6 Å². The van der Waals surface area contributed by atoms with Gasteiger partial charge in [-0.2, -0.15) is 5.26 Å². The van der Waals surface area contributed by atoms with Gasteiger partial charge in [-0.25, -0.2) is 0 Å². The molecule has 5 heteroatoms. The summed E-state index contributed by atoms with van der Waals surface area (Å²) in [5.74, 6) is 1.69. The molecular weight excluding hydrogens is 362 g/mol. The van der Waals surface area contributed by atoms with Crippen LogP contribution in [0.3, 0.4) is 0 Å². The molecule has 6 rings (SSSR count). The van der Waals surface area contributed by atoms with Crippen LogP contribution >= 0.6 is 0 Å². The molecule has 0 aliphatic carbocycles. The minimum atomic E-state index is 0.00177. The Morgan fingerprint density at radius 3 is 2.48 bits per heavy atom. The number of carbonyl (C=O) groups is 1. The van der Waals surface area contributed by atoms with Crippen LogP contribution in [0.2, 0.25) is 0 Å². The smallest absolute Gasteiger partial charge is 0.255 e. The summed E-state index contributed by atoms with van der Waals surface area (Å²) in [5.41, 5.74) is 2.25. The standard InChI is InChI=1S/C24H25N3O2/c1-29-19-8-6-16(7-9-19)21-15-27(22-17-10-12-26(13-11-17)23(21)22)24(28)20-5-3-2-4-18(20)14-25/h2-9,17,21-23H,10-13,15H2,1H3. The number of amides is 1. The molecule has 4 aliphatic heterocycles. The summed E-state index contributed by atoms with van der Waals surface area (Å²) in [6, 6.07) is 18.3. The Bertz CT molecular complexity index is 957. The highest BCUT2D eigenvalue weighted by molar-refractivity contribution is 5.97. The molecule has 4 fully saturated rings. The van der Waals surface area contributed by atoms with E-state index >= 15 is 0 Å². The lowest BCUT2D eigenvalue weighted by molar-refractivity contribution is -0.00341. The van der Waals surface area contributed by atoms with Gasteiger partial charge < -0.3 is 9.64 Å². The molecule has 0 aromatic heterocycles. The molecule has 5 nitrogen and oxygen atoms in total. The number of benzene rings is 2. The van der Waals surface area contributed by atoms with E-state index in [0.29, 0.717) is 29.6 Å². The number of carbonyl (C=O) groups excluding carboxylic acids is 1. The van der Waals surface area contributed by atoms with Crippen LogP contribution in [0, 0.1) is 17.2 Å². The van der Waals surface area contributed by atoms with E-state index in [-0.39, 0.29) is 17.9 Å². The zero-order chi connectivity index (χ0) is 20.0. The Kier molecular flexibility index (Phi) is 4.52. The van der Waals surface area contributed by atoms with Gasteiger partial charge in [-0.05, 0) is 61.7 Å². The second-order valence-electron chi connectivity index (χ2n) is 8.35. The number of rotatable bonds is 3. The van der Waals surface area contributed by atoms with Gasteiger partial charge in [0.2, 0.25) is 0 Å². The Morgan fingerprint density at radius 2 is 1.79 bits per heavy atom. The quantitative estimate of drug-likeness (QED) is 0.811. The average Bonchev–Trinajstić information content (AvgIpc) is 3.22. The van der Waals surface area contributed by atoms with E-state index in [4.69, 9.17) is 4.74 Å². The molecule has 2 aromatic carbocycles. The molecule has 2 aromatic rings. The van der Waals surface area contributed by atoms with Gasteiger partial charge in [0.15, 0.2) is 0 Å². The van der Waals surface area contributed by atoms with Gasteiger partial charge in [0.05, 0.1) is 30.3 Å². The number of nitrogens with zero attached hydrogens (tertiary/aromatic N) is 3. The maximum atomic E-state index is 13.6. The largest absolute Gasteiger partial charge is 0.497 e. The van der Waals surface area contributed by atoms with Crippen LogP contribution in [-0.4, -0.2) is 54.5 Å². The number of fused-ring (bicyclic) bond motifs is 2. The molecule has 3 unspecified atom stereocenters. The third-order valence-electron chi connectivity index (χ3n) is 7.08. The van der Waals surface area contributed by atoms with Crippen molar-refractivity contribution in [3.63, 3.8) is 0 Å². The Balaban J connectivity index is 1.52. The highest BCUT2D eigenvalue weighted by Gasteiger charge is 2.54. The second kappa shape index (κ2) is 7.20. The number of hydrogen-bond acceptors (Lipinski definition) is 4. The lowest BCUT2D eigenvalue weighted by atomic mass is 9.75. The summed E-state index contributed by atoms with van der Waals surface area (Å²) in [4.78, 5) is 18.2. The second-order valence-corrected chi connectivity index (χ2v) is 8.35. The normalized spacial score (nSPS) is 29.9. The molecule has 4 heterocycles. The first kappa shape index (κ1) is 18.2. The zero-order valence-corrected chi connectivity index (χ0v) is 16.6. The maximum Gasteiger partial charge on any atom is 0.255 e. The lowest BCUT2D eigenvalue weighted by Gasteiger charge is -2.51. The summed E-state index contributed by atoms with van der Waals surface area (Å²) in [5, 5.41) is 9.49. The molecule has 2 bridgehead atoms. The van der Waals surface area contributed by atoms with E-state index in [1.54, 1.807) is 19.2 Å². The van der Waals surface area contributed by atoms with Crippen LogP contribution in [0.25, 0.3) is 0 Å². The van der Waals surface area contributed by atoms with E-state index < -0.39 is 0 Å². The minimum absolute atomic E-state index is 0.00177. The van der Waals surface area contributed by atoms with Crippen LogP contribution in [0.15, 0.2) is 48.5 Å². The van der Waals surface area contributed by atoms with Gasteiger partial charge in [0.1, 0.15) is 5.75 Å². The molecule has 29 heavy (non-hydrogen) atoms. The van der Waals surface area contributed by atoms with Crippen LogP contribution in [0.4, 0.5) is 0 Å². The third kappa shape index (κ3) is 2.90. The summed E-state index contributed by atoms with van der Waals surface area (Å²) < 4.78 is 5.32. The SMILES string of the molecule is COc1ccc(C2CN(C(=O)c3ccccc3C#N)C3C4CCN(CC4)C23)cc1. The van der Waals surface area contributed by atoms with Crippen molar-refractivity contribution in [3.05, 3.63) is 65.2 Å². The summed E-state index contributed by atoms with van der Waals surface area (Å²) in [6.07, 6.45) is 2.31. The Hall–Kier alpha value is -2.84. The Morgan fingerprint density at radius 1 is 1.07 bits per heavy atom. The van der Waals surface area contributed by atoms with E-state index in [9.17, 15) is 10.1 Å². The summed E-state index contributed by atoms with van der Waals surface area (Å²) in [6.45, 7) is 2.94. The fourth-order valence-electron chi connectivity index (χ4n) is 5.72. The highest BCUT2D eigenvalue weighted by atomic mass is 16.5. The highest BCUT2D eigenvalue weighted by Crippen LogP contribution is 2.47. The van der Waals surface area contributed by atoms with Gasteiger partial charge in [-0.3, -0.25) is 9.69 Å². The van der Waals surface area contributed by atoms with Crippen molar-refractivity contribution in [2.45, 2.75) is 30.8 Å². The molecule has 0 radical (unpaired) electrons. The van der Waals surface area contributed by atoms with Crippen LogP contribution < -0.4 is 4.74 Å². The van der Waals surface area contributed by atoms with Crippen molar-refractivity contribution in [2.24, 2.45) is 5.92 Å². The molecule has 0 spiro atoms. The van der Waals surface area contributed by atoms with Crippen LogP contribution in [0.5, 0.6) is 5.75 Å². The molecular formula is C24H25N3O2. The van der Waals surface area contributed by atoms with Crippen molar-refractivity contribution >= 4 is 5.91 Å². The Labute approximate surface area is 171 Å². The molecule has 0 saturated carbocycles. The average molecular weight is 387 g/mol. The first-order valence-electron chi connectivity index (χ1n) is 10.4. The number of piperidine rings is 3. The number of nitriles is 1. The van der Waals surface area contributed by atoms with Crippen molar-refractivity contribution < 1.29 is 9.53 Å². The molecule has 1 amide bonds. The van der Waals surface area contributed by atoms with Crippen molar-refractivity contribution in [1.82, 2.24) is 9.80 Å². The van der Waals surface area contributed by atoms with Gasteiger partial charge in [0.25, 0.3) is 5.91 Å².